The number of nitro groups is 1. The normalized spacial score (nSPS) is 23.0. The summed E-state index contributed by atoms with van der Waals surface area (Å²) >= 11 is 0. The highest BCUT2D eigenvalue weighted by molar-refractivity contribution is 6.03. The number of nitro benzene ring substituents is 1. The monoisotopic (exact) mass is 898 g/mol. The van der Waals surface area contributed by atoms with Gasteiger partial charge in [0.05, 0.1) is 29.8 Å². The van der Waals surface area contributed by atoms with Crippen LogP contribution in [0.2, 0.25) is 0 Å². The van der Waals surface area contributed by atoms with E-state index in [1.165, 1.54) is 12.1 Å². The lowest BCUT2D eigenvalue weighted by Gasteiger charge is -2.59. The maximum atomic E-state index is 14.6. The molecule has 65 heavy (non-hydrogen) atoms. The van der Waals surface area contributed by atoms with E-state index in [9.17, 15) is 29.9 Å². The van der Waals surface area contributed by atoms with Gasteiger partial charge in [-0.3, -0.25) is 15.0 Å². The quantitative estimate of drug-likeness (QED) is 0.0402. The van der Waals surface area contributed by atoms with Crippen LogP contribution in [-0.4, -0.2) is 89.5 Å². The number of aliphatic hydroxyl groups is 2. The molecule has 0 spiro atoms. The van der Waals surface area contributed by atoms with Gasteiger partial charge in [0.25, 0.3) is 5.69 Å². The number of carbonyl (C=O) groups excluding carboxylic acids is 2. The Morgan fingerprint density at radius 1 is 0.985 bits per heavy atom. The lowest BCUT2D eigenvalue weighted by atomic mass is 9.55. The van der Waals surface area contributed by atoms with Crippen molar-refractivity contribution in [2.45, 2.75) is 89.7 Å². The first-order valence-electron chi connectivity index (χ1n) is 22.4. The third kappa shape index (κ3) is 10.4. The van der Waals surface area contributed by atoms with Crippen LogP contribution in [0.5, 0.6) is 23.0 Å². The minimum absolute atomic E-state index is 0.00595. The van der Waals surface area contributed by atoms with E-state index < -0.39 is 40.8 Å². The Morgan fingerprint density at radius 3 is 2.45 bits per heavy atom. The average Bonchev–Trinajstić information content (AvgIpc) is 3.77. The van der Waals surface area contributed by atoms with Gasteiger partial charge in [-0.2, -0.15) is 0 Å². The van der Waals surface area contributed by atoms with Crippen LogP contribution in [0.15, 0.2) is 90.1 Å². The number of unbranched alkanes of at least 4 members (excludes halogenated alkanes) is 2. The first kappa shape index (κ1) is 46.8. The van der Waals surface area contributed by atoms with E-state index in [0.29, 0.717) is 66.5 Å². The summed E-state index contributed by atoms with van der Waals surface area (Å²) < 4.78 is 37.2. The minimum atomic E-state index is -1.59. The molecule has 1 fully saturated rings. The number of allylic oxidation sites excluding steroid dienone is 1. The summed E-state index contributed by atoms with van der Waals surface area (Å²) in [6.07, 6.45) is 6.75. The summed E-state index contributed by atoms with van der Waals surface area (Å²) in [7, 11) is 0. The van der Waals surface area contributed by atoms with Gasteiger partial charge in [0.2, 0.25) is 12.6 Å². The number of nitrogens with zero attached hydrogens (tertiary/aromatic N) is 3. The van der Waals surface area contributed by atoms with Gasteiger partial charge in [-0.05, 0) is 111 Å². The summed E-state index contributed by atoms with van der Waals surface area (Å²) in [5.74, 6) is -0.871. The smallest absolute Gasteiger partial charge is 0.412 e. The second-order valence-corrected chi connectivity index (χ2v) is 16.4. The number of hydrogen-bond donors (Lipinski definition) is 3. The first-order chi connectivity index (χ1) is 31.6. The number of non-ortho nitro benzene ring substituents is 1. The molecule has 7 rings (SSSR count). The molecule has 2 amide bonds. The molecule has 348 valence electrons. The molecule has 2 aliphatic heterocycles. The van der Waals surface area contributed by atoms with Gasteiger partial charge in [-0.25, -0.2) is 9.59 Å². The van der Waals surface area contributed by atoms with Gasteiger partial charge in [-0.15, -0.1) is 6.58 Å². The van der Waals surface area contributed by atoms with Gasteiger partial charge >= 0.3 is 12.2 Å². The number of fused-ring (bicyclic) bond motifs is 3. The minimum Gasteiger partial charge on any atom is -0.459 e. The fraction of sp³-hybridized carbons (Fsp3) is 0.479. The van der Waals surface area contributed by atoms with Gasteiger partial charge < -0.3 is 48.8 Å². The molecule has 1 saturated carbocycles. The number of oxime groups is 1. The van der Waals surface area contributed by atoms with Crippen molar-refractivity contribution in [3.63, 3.8) is 0 Å². The number of nitrogens with one attached hydrogen (secondary N) is 1. The zero-order valence-electron chi connectivity index (χ0n) is 36.9. The maximum absolute atomic E-state index is 14.6. The van der Waals surface area contributed by atoms with E-state index in [2.05, 4.69) is 18.0 Å². The SMILES string of the molecule is C=CCOC12Oc3ccc(OC(=O)NCC)cc3C3C(CCCCO)C(CCCCO)C=C(C(=NOCc4ccc([N+](=O)[O-])cc4)CC1N(Cc1ccc4c(c1)OCO4)C(=O)OCC)C32. The van der Waals surface area contributed by atoms with Crippen molar-refractivity contribution in [1.82, 2.24) is 10.2 Å². The Bertz CT molecular complexity index is 2230. The molecule has 3 N–H and O–H groups in total. The third-order valence-corrected chi connectivity index (χ3v) is 12.4. The van der Waals surface area contributed by atoms with Crippen LogP contribution >= 0.6 is 0 Å². The predicted molar refractivity (Wildman–Crippen MR) is 238 cm³/mol. The number of rotatable bonds is 21. The maximum Gasteiger partial charge on any atom is 0.412 e. The molecule has 2 aliphatic carbocycles. The zero-order chi connectivity index (χ0) is 45.9. The lowest BCUT2D eigenvalue weighted by molar-refractivity contribution is -0.384. The van der Waals surface area contributed by atoms with Crippen molar-refractivity contribution in [2.24, 2.45) is 22.9 Å². The molecule has 0 radical (unpaired) electrons. The zero-order valence-corrected chi connectivity index (χ0v) is 36.9. The largest absolute Gasteiger partial charge is 0.459 e. The fourth-order valence-electron chi connectivity index (χ4n) is 9.64. The Balaban J connectivity index is 1.44. The van der Waals surface area contributed by atoms with E-state index in [4.69, 9.17) is 38.4 Å². The van der Waals surface area contributed by atoms with Crippen molar-refractivity contribution in [1.29, 1.82) is 0 Å². The highest BCUT2D eigenvalue weighted by Crippen LogP contribution is 2.62. The standard InChI is InChI=1S/C48H58N4O13/c1-4-23-62-48-43(51(47(56)59-6-3)28-32-15-19-41-42(24-32)61-30-60-41)27-39(50-63-29-31-13-16-34(17-14-31)52(57)58)37-25-33(11-7-9-21-53)36(12-8-10-22-54)44(45(37)48)38-26-35(18-20-40(38)65-48)64-46(55)49-5-2/h4,13-20,24-26,33,36,43-45,53-54H,1,5-12,21-23,27-30H2,2-3H3,(H,49,55). The van der Waals surface area contributed by atoms with Crippen LogP contribution in [0.25, 0.3) is 0 Å². The number of aliphatic hydroxyl groups excluding tert-OH is 2. The van der Waals surface area contributed by atoms with E-state index in [-0.39, 0.29) is 70.3 Å². The molecule has 3 aromatic rings. The molecule has 6 atom stereocenters. The van der Waals surface area contributed by atoms with Crippen molar-refractivity contribution in [2.75, 3.05) is 39.8 Å². The van der Waals surface area contributed by atoms with Crippen molar-refractivity contribution in [3.8, 4) is 23.0 Å². The van der Waals surface area contributed by atoms with Gasteiger partial charge in [0.15, 0.2) is 11.5 Å². The molecule has 4 aliphatic rings. The van der Waals surface area contributed by atoms with Gasteiger partial charge in [-0.1, -0.05) is 36.2 Å². The predicted octanol–water partition coefficient (Wildman–Crippen LogP) is 7.92. The topological polar surface area (TPSA) is 210 Å². The van der Waals surface area contributed by atoms with Crippen LogP contribution in [0.1, 0.15) is 81.4 Å². The summed E-state index contributed by atoms with van der Waals surface area (Å²) in [5.41, 5.74) is 3.43. The van der Waals surface area contributed by atoms with Crippen LogP contribution in [0, 0.1) is 27.9 Å². The van der Waals surface area contributed by atoms with Crippen LogP contribution < -0.4 is 24.3 Å². The average molecular weight is 899 g/mol. The summed E-state index contributed by atoms with van der Waals surface area (Å²) in [6, 6.07) is 15.9. The fourth-order valence-corrected chi connectivity index (χ4v) is 9.64. The highest BCUT2D eigenvalue weighted by Gasteiger charge is 2.65. The Labute approximate surface area is 378 Å². The van der Waals surface area contributed by atoms with Gasteiger partial charge in [0.1, 0.15) is 24.1 Å². The van der Waals surface area contributed by atoms with E-state index in [0.717, 1.165) is 29.5 Å². The van der Waals surface area contributed by atoms with Crippen LogP contribution in [0.4, 0.5) is 15.3 Å². The third-order valence-electron chi connectivity index (χ3n) is 12.4. The molecule has 3 aromatic carbocycles. The molecule has 17 heteroatoms. The second kappa shape index (κ2) is 21.7. The van der Waals surface area contributed by atoms with Crippen molar-refractivity contribution >= 4 is 23.6 Å². The number of carbonyl (C=O) groups is 2. The molecule has 0 saturated heterocycles. The first-order valence-corrected chi connectivity index (χ1v) is 22.4. The van der Waals surface area contributed by atoms with E-state index in [1.54, 1.807) is 55.2 Å². The van der Waals surface area contributed by atoms with Gasteiger partial charge in [0, 0.05) is 56.3 Å². The Kier molecular flexibility index (Phi) is 15.6. The number of amides is 2. The second-order valence-electron chi connectivity index (χ2n) is 16.4. The molecule has 17 nitrogen and oxygen atoms in total. The molecule has 2 heterocycles. The van der Waals surface area contributed by atoms with E-state index >= 15 is 0 Å². The molecular formula is C48H58N4O13. The number of ether oxygens (including phenoxy) is 6. The molecule has 6 unspecified atom stereocenters. The summed E-state index contributed by atoms with van der Waals surface area (Å²) in [4.78, 5) is 46.0. The summed E-state index contributed by atoms with van der Waals surface area (Å²) in [5, 5.41) is 38.8. The molecular weight excluding hydrogens is 841 g/mol. The van der Waals surface area contributed by atoms with Crippen molar-refractivity contribution < 1.29 is 58.0 Å². The number of benzene rings is 3. The van der Waals surface area contributed by atoms with Crippen molar-refractivity contribution in [3.05, 3.63) is 112 Å². The molecule has 0 aromatic heterocycles. The lowest BCUT2D eigenvalue weighted by Crippen LogP contribution is -2.70. The Morgan fingerprint density at radius 2 is 1.72 bits per heavy atom. The highest BCUT2D eigenvalue weighted by atomic mass is 16.7. The summed E-state index contributed by atoms with van der Waals surface area (Å²) in [6.45, 7) is 8.21. The van der Waals surface area contributed by atoms with Crippen LogP contribution in [-0.2, 0) is 27.5 Å². The van der Waals surface area contributed by atoms with Crippen LogP contribution in [0.3, 0.4) is 0 Å². The molecule has 0 bridgehead atoms. The Hall–Kier alpha value is -6.17. The van der Waals surface area contributed by atoms with E-state index in [1.807, 2.05) is 18.2 Å². The number of hydrogen-bond acceptors (Lipinski definition) is 14.